The quantitative estimate of drug-likeness (QED) is 0.217. The maximum atomic E-state index is 14.4. The van der Waals surface area contributed by atoms with E-state index in [4.69, 9.17) is 9.47 Å². The Balaban J connectivity index is 1.43. The molecule has 3 aliphatic heterocycles. The molecule has 46 heavy (non-hydrogen) atoms. The number of carbonyl (C=O) groups excluding carboxylic acids is 3. The lowest BCUT2D eigenvalue weighted by Crippen LogP contribution is -2.53. The van der Waals surface area contributed by atoms with Crippen molar-refractivity contribution in [1.29, 1.82) is 0 Å². The summed E-state index contributed by atoms with van der Waals surface area (Å²) < 4.78 is 12.4. The van der Waals surface area contributed by atoms with Crippen LogP contribution in [0.15, 0.2) is 48.5 Å². The first kappa shape index (κ1) is 33.7. The Hall–Kier alpha value is -3.63. The number of likely N-dealkylation sites (tertiary alicyclic amines) is 1. The number of benzene rings is 2. The molecule has 0 aromatic heterocycles. The van der Waals surface area contributed by atoms with Gasteiger partial charge in [0.25, 0.3) is 0 Å². The number of hydrogen-bond acceptors (Lipinski definition) is 7. The first-order valence-electron chi connectivity index (χ1n) is 17.1. The van der Waals surface area contributed by atoms with Crippen LogP contribution in [0, 0.1) is 11.8 Å². The van der Waals surface area contributed by atoms with Crippen LogP contribution in [0.3, 0.4) is 0 Å². The number of ether oxygens (including phenoxy) is 2. The summed E-state index contributed by atoms with van der Waals surface area (Å²) in [6.07, 6.45) is 4.74. The van der Waals surface area contributed by atoms with Crippen LogP contribution < -0.4 is 20.3 Å². The van der Waals surface area contributed by atoms with Gasteiger partial charge in [-0.05, 0) is 101 Å². The van der Waals surface area contributed by atoms with Crippen molar-refractivity contribution in [1.82, 2.24) is 4.90 Å². The number of aliphatic hydroxyl groups is 1. The number of rotatable bonds is 16. The van der Waals surface area contributed by atoms with Gasteiger partial charge in [0.05, 0.1) is 24.0 Å². The Bertz CT molecular complexity index is 1360. The fraction of sp³-hybridized carbons (Fsp3) is 0.583. The van der Waals surface area contributed by atoms with Crippen LogP contribution in [0.1, 0.15) is 72.6 Å². The average molecular weight is 635 g/mol. The van der Waals surface area contributed by atoms with Gasteiger partial charge in [0.1, 0.15) is 17.4 Å². The molecule has 3 fully saturated rings. The topological polar surface area (TPSA) is 120 Å². The summed E-state index contributed by atoms with van der Waals surface area (Å²) in [4.78, 5) is 46.7. The Labute approximate surface area is 272 Å². The van der Waals surface area contributed by atoms with Crippen LogP contribution in [-0.2, 0) is 19.1 Å². The minimum Gasteiger partial charge on any atom is -0.494 e. The first-order valence-corrected chi connectivity index (χ1v) is 17.1. The van der Waals surface area contributed by atoms with E-state index in [9.17, 15) is 19.5 Å². The van der Waals surface area contributed by atoms with Gasteiger partial charge in [-0.15, -0.1) is 0 Å². The predicted molar refractivity (Wildman–Crippen MR) is 179 cm³/mol. The minimum atomic E-state index is -1.09. The third-order valence-corrected chi connectivity index (χ3v) is 10.2. The lowest BCUT2D eigenvalue weighted by molar-refractivity contribution is -0.144. The van der Waals surface area contributed by atoms with Crippen molar-refractivity contribution in [3.05, 3.63) is 48.5 Å². The van der Waals surface area contributed by atoms with Crippen LogP contribution >= 0.6 is 0 Å². The summed E-state index contributed by atoms with van der Waals surface area (Å²) in [7, 11) is 0. The fourth-order valence-electron chi connectivity index (χ4n) is 7.98. The number of aliphatic hydroxyl groups excluding tert-OH is 1. The fourth-order valence-corrected chi connectivity index (χ4v) is 7.98. The number of anilines is 3. The van der Waals surface area contributed by atoms with Crippen LogP contribution in [0.2, 0.25) is 0 Å². The van der Waals surface area contributed by atoms with E-state index >= 15 is 0 Å². The number of hydrogen-bond donors (Lipinski definition) is 3. The number of unbranched alkanes of at least 4 members (excludes halogenated alkanes) is 3. The van der Waals surface area contributed by atoms with Gasteiger partial charge in [-0.2, -0.15) is 0 Å². The maximum Gasteiger partial charge on any atom is 0.250 e. The highest BCUT2D eigenvalue weighted by Gasteiger charge is 2.78. The standard InChI is InChI=1S/C36H50N4O6/c1-5-35-21-22-36(46-35)30(29(35)32(42)37-26-15-19-28(20-16-26)45-8-4)34(44)40(23-11-9-10-12-24-41)31(36)33(43)38-25-13-17-27(18-14-25)39(6-2)7-3/h13-20,29-31,41H,5-12,21-24H2,1-4H3,(H,37,42)(H,38,43)/t29-,30+,31?,35+,36?/m1/s1. The molecule has 10 nitrogen and oxygen atoms in total. The lowest BCUT2D eigenvalue weighted by atomic mass is 9.65. The van der Waals surface area contributed by atoms with E-state index in [0.29, 0.717) is 62.4 Å². The van der Waals surface area contributed by atoms with Crippen molar-refractivity contribution < 1.29 is 29.0 Å². The third-order valence-electron chi connectivity index (χ3n) is 10.2. The molecule has 10 heteroatoms. The Kier molecular flexibility index (Phi) is 10.6. The molecule has 2 bridgehead atoms. The van der Waals surface area contributed by atoms with E-state index < -0.39 is 29.1 Å². The number of nitrogens with zero attached hydrogens (tertiary/aromatic N) is 2. The van der Waals surface area contributed by atoms with Crippen LogP contribution in [-0.4, -0.2) is 77.8 Å². The third kappa shape index (κ3) is 6.21. The molecule has 3 saturated heterocycles. The Morgan fingerprint density at radius 3 is 2.15 bits per heavy atom. The SMILES string of the molecule is CCOc1ccc(NC(=O)[C@H]2[C@H]3C(=O)N(CCCCCCO)C(C(=O)Nc4ccc(N(CC)CC)cc4)C34CC[C@]2(CC)O4)cc1. The van der Waals surface area contributed by atoms with E-state index in [1.54, 1.807) is 17.0 Å². The van der Waals surface area contributed by atoms with Crippen LogP contribution in [0.5, 0.6) is 5.75 Å². The maximum absolute atomic E-state index is 14.4. The highest BCUT2D eigenvalue weighted by Crippen LogP contribution is 2.64. The van der Waals surface area contributed by atoms with E-state index in [-0.39, 0.29) is 24.3 Å². The lowest BCUT2D eigenvalue weighted by Gasteiger charge is -2.34. The monoisotopic (exact) mass is 634 g/mol. The molecule has 5 rings (SSSR count). The van der Waals surface area contributed by atoms with Crippen molar-refractivity contribution in [2.75, 3.05) is 48.4 Å². The molecule has 2 aromatic rings. The van der Waals surface area contributed by atoms with Gasteiger partial charge in [0, 0.05) is 43.3 Å². The second-order valence-electron chi connectivity index (χ2n) is 12.7. The molecule has 3 heterocycles. The van der Waals surface area contributed by atoms with Crippen LogP contribution in [0.25, 0.3) is 0 Å². The van der Waals surface area contributed by atoms with E-state index in [1.807, 2.05) is 50.2 Å². The zero-order chi connectivity index (χ0) is 32.9. The zero-order valence-corrected chi connectivity index (χ0v) is 27.7. The highest BCUT2D eigenvalue weighted by atomic mass is 16.5. The van der Waals surface area contributed by atoms with E-state index in [0.717, 1.165) is 31.6 Å². The van der Waals surface area contributed by atoms with E-state index in [1.165, 1.54) is 0 Å². The summed E-state index contributed by atoms with van der Waals surface area (Å²) in [6.45, 7) is 10.9. The summed E-state index contributed by atoms with van der Waals surface area (Å²) in [6, 6.07) is 14.1. The number of fused-ring (bicyclic) bond motifs is 1. The molecule has 1 spiro atoms. The largest absolute Gasteiger partial charge is 0.494 e. The Morgan fingerprint density at radius 2 is 1.54 bits per heavy atom. The molecule has 3 amide bonds. The van der Waals surface area contributed by atoms with E-state index in [2.05, 4.69) is 29.4 Å². The minimum absolute atomic E-state index is 0.129. The summed E-state index contributed by atoms with van der Waals surface area (Å²) in [5, 5.41) is 15.4. The normalized spacial score (nSPS) is 26.2. The van der Waals surface area contributed by atoms with Crippen molar-refractivity contribution >= 4 is 34.8 Å². The second-order valence-corrected chi connectivity index (χ2v) is 12.7. The molecule has 0 saturated carbocycles. The second kappa shape index (κ2) is 14.4. The van der Waals surface area contributed by atoms with Crippen molar-refractivity contribution in [3.8, 4) is 5.75 Å². The van der Waals surface area contributed by atoms with Gasteiger partial charge in [0.2, 0.25) is 17.7 Å². The number of nitrogens with one attached hydrogen (secondary N) is 2. The Morgan fingerprint density at radius 1 is 0.913 bits per heavy atom. The molecule has 2 unspecified atom stereocenters. The molecule has 0 aliphatic carbocycles. The molecule has 2 aromatic carbocycles. The van der Waals surface area contributed by atoms with Gasteiger partial charge in [-0.3, -0.25) is 14.4 Å². The van der Waals surface area contributed by atoms with Gasteiger partial charge in [0.15, 0.2) is 0 Å². The van der Waals surface area contributed by atoms with Crippen LogP contribution in [0.4, 0.5) is 17.1 Å². The van der Waals surface area contributed by atoms with Crippen molar-refractivity contribution in [2.45, 2.75) is 89.9 Å². The predicted octanol–water partition coefficient (Wildman–Crippen LogP) is 5.22. The number of carbonyl (C=O) groups is 3. The average Bonchev–Trinajstić information content (AvgIpc) is 3.67. The van der Waals surface area contributed by atoms with Gasteiger partial charge >= 0.3 is 0 Å². The van der Waals surface area contributed by atoms with Crippen molar-refractivity contribution in [3.63, 3.8) is 0 Å². The highest BCUT2D eigenvalue weighted by molar-refractivity contribution is 6.05. The molecule has 3 N–H and O–H groups in total. The van der Waals surface area contributed by atoms with Gasteiger partial charge < -0.3 is 35.0 Å². The summed E-state index contributed by atoms with van der Waals surface area (Å²) >= 11 is 0. The van der Waals surface area contributed by atoms with Gasteiger partial charge in [-0.25, -0.2) is 0 Å². The first-order chi connectivity index (χ1) is 22.3. The molecule has 250 valence electrons. The molecular weight excluding hydrogens is 584 g/mol. The molecule has 0 radical (unpaired) electrons. The molecule has 5 atom stereocenters. The molecular formula is C36H50N4O6. The smallest absolute Gasteiger partial charge is 0.250 e. The number of amides is 3. The summed E-state index contributed by atoms with van der Waals surface area (Å²) in [5.74, 6) is -1.52. The summed E-state index contributed by atoms with van der Waals surface area (Å²) in [5.41, 5.74) is 0.423. The molecule has 3 aliphatic rings. The van der Waals surface area contributed by atoms with Gasteiger partial charge in [-0.1, -0.05) is 19.8 Å². The van der Waals surface area contributed by atoms with Crippen molar-refractivity contribution in [2.24, 2.45) is 11.8 Å². The zero-order valence-electron chi connectivity index (χ0n) is 27.7.